The molecule has 306 valence electrons. The first-order valence-corrected chi connectivity index (χ1v) is 20.2. The number of nitrogens with one attached hydrogen (secondary N) is 3. The Bertz CT molecular complexity index is 1680. The van der Waals surface area contributed by atoms with E-state index in [2.05, 4.69) is 16.0 Å². The molecule has 0 bridgehead atoms. The third-order valence-electron chi connectivity index (χ3n) is 10.2. The predicted molar refractivity (Wildman–Crippen MR) is 218 cm³/mol. The first kappa shape index (κ1) is 44.2. The van der Waals surface area contributed by atoms with E-state index in [0.29, 0.717) is 44.6 Å². The Morgan fingerprint density at radius 1 is 0.875 bits per heavy atom. The van der Waals surface area contributed by atoms with Crippen molar-refractivity contribution in [3.8, 4) is 0 Å². The summed E-state index contributed by atoms with van der Waals surface area (Å²) in [4.78, 5) is 56.4. The summed E-state index contributed by atoms with van der Waals surface area (Å²) in [5.74, 6) is -1.63. The number of amides is 4. The second-order valence-corrected chi connectivity index (χ2v) is 15.1. The van der Waals surface area contributed by atoms with Gasteiger partial charge in [0.1, 0.15) is 18.7 Å². The fourth-order valence-electron chi connectivity index (χ4n) is 7.06. The van der Waals surface area contributed by atoms with Gasteiger partial charge in [0.05, 0.1) is 24.4 Å². The first-order valence-electron chi connectivity index (χ1n) is 20.2. The van der Waals surface area contributed by atoms with Gasteiger partial charge in [-0.2, -0.15) is 0 Å². The maximum Gasteiger partial charge on any atom is 0.415 e. The summed E-state index contributed by atoms with van der Waals surface area (Å²) in [6, 6.07) is 19.7. The van der Waals surface area contributed by atoms with Crippen LogP contribution in [0.3, 0.4) is 0 Å². The maximum absolute atomic E-state index is 14.2. The lowest BCUT2D eigenvalue weighted by Gasteiger charge is -2.32. The van der Waals surface area contributed by atoms with Gasteiger partial charge in [-0.25, -0.2) is 4.79 Å². The van der Waals surface area contributed by atoms with E-state index in [9.17, 15) is 24.3 Å². The van der Waals surface area contributed by atoms with Gasteiger partial charge in [-0.05, 0) is 74.8 Å². The van der Waals surface area contributed by atoms with Crippen molar-refractivity contribution in [2.45, 2.75) is 123 Å². The Morgan fingerprint density at radius 2 is 1.61 bits per heavy atom. The van der Waals surface area contributed by atoms with Gasteiger partial charge in [-0.15, -0.1) is 0 Å². The topological polar surface area (TPSA) is 156 Å². The number of ether oxygens (including phenoxy) is 3. The van der Waals surface area contributed by atoms with Crippen LogP contribution in [-0.4, -0.2) is 79.7 Å². The summed E-state index contributed by atoms with van der Waals surface area (Å²) >= 11 is 0. The van der Waals surface area contributed by atoms with Crippen LogP contribution < -0.4 is 20.9 Å². The number of anilines is 1. The summed E-state index contributed by atoms with van der Waals surface area (Å²) in [6.45, 7) is 8.58. The van der Waals surface area contributed by atoms with Gasteiger partial charge in [-0.1, -0.05) is 100 Å². The Labute approximate surface area is 332 Å². The third kappa shape index (κ3) is 13.3. The summed E-state index contributed by atoms with van der Waals surface area (Å²) in [5.41, 5.74) is 1.30. The molecule has 4 rings (SSSR count). The van der Waals surface area contributed by atoms with Crippen LogP contribution in [-0.2, 0) is 35.2 Å². The molecule has 0 aromatic heterocycles. The SMILES string of the molecule is CCCC[C@H](NC(=O)[C@H](C)N(C(=O)OCc1ccccc1)c1cccc2ccccc12)C(=O)N[C@@H](CC(C)C)[C@@H](O)CC(CCOC1CCCCO1)C(=O)NC. The van der Waals surface area contributed by atoms with E-state index in [1.165, 1.54) is 4.90 Å². The Morgan fingerprint density at radius 3 is 2.30 bits per heavy atom. The quantitative estimate of drug-likeness (QED) is 0.0942. The van der Waals surface area contributed by atoms with Gasteiger partial charge >= 0.3 is 6.09 Å². The zero-order chi connectivity index (χ0) is 40.5. The van der Waals surface area contributed by atoms with Gasteiger partial charge in [0, 0.05) is 25.0 Å². The monoisotopic (exact) mass is 774 g/mol. The molecule has 56 heavy (non-hydrogen) atoms. The van der Waals surface area contributed by atoms with Crippen LogP contribution in [0.1, 0.15) is 91.0 Å². The summed E-state index contributed by atoms with van der Waals surface area (Å²) in [5, 5.41) is 21.9. The number of nitrogens with zero attached hydrogens (tertiary/aromatic N) is 1. The van der Waals surface area contributed by atoms with Crippen molar-refractivity contribution < 1.29 is 38.5 Å². The molecule has 0 radical (unpaired) electrons. The largest absolute Gasteiger partial charge is 0.444 e. The molecule has 1 saturated heterocycles. The van der Waals surface area contributed by atoms with Crippen LogP contribution in [0.2, 0.25) is 0 Å². The number of hydrogen-bond donors (Lipinski definition) is 4. The standard InChI is InChI=1S/C44H62N4O8/c1-6-7-21-36(43(52)47-37(27-30(2)3)39(49)28-34(42(51)45-5)24-26-55-40-23-13-14-25-54-40)46-41(50)31(4)48(44(53)56-29-32-16-9-8-10-17-32)38-22-15-19-33-18-11-12-20-35(33)38/h8-12,15-20,22,30-31,34,36-37,39-40,49H,6-7,13-14,21,23-29H2,1-5H3,(H,45,51)(H,46,50)(H,47,52)/t31-,34?,36-,37-,39-,40?/m0/s1. The number of hydrogen-bond acceptors (Lipinski definition) is 8. The number of unbranched alkanes of at least 4 members (excludes halogenated alkanes) is 1. The fourth-order valence-corrected chi connectivity index (χ4v) is 7.06. The van der Waals surface area contributed by atoms with Crippen molar-refractivity contribution in [2.24, 2.45) is 11.8 Å². The zero-order valence-electron chi connectivity index (χ0n) is 33.7. The van der Waals surface area contributed by atoms with Crippen molar-refractivity contribution in [1.82, 2.24) is 16.0 Å². The first-order chi connectivity index (χ1) is 27.0. The van der Waals surface area contributed by atoms with Crippen molar-refractivity contribution in [3.05, 3.63) is 78.4 Å². The average Bonchev–Trinajstić information content (AvgIpc) is 3.21. The smallest absolute Gasteiger partial charge is 0.415 e. The van der Waals surface area contributed by atoms with E-state index in [1.807, 2.05) is 87.5 Å². The van der Waals surface area contributed by atoms with E-state index >= 15 is 0 Å². The second kappa shape index (κ2) is 22.9. The number of benzene rings is 3. The maximum atomic E-state index is 14.2. The summed E-state index contributed by atoms with van der Waals surface area (Å²) in [6.07, 6.45) is 3.53. The minimum Gasteiger partial charge on any atom is -0.444 e. The van der Waals surface area contributed by atoms with E-state index in [1.54, 1.807) is 20.0 Å². The molecule has 6 atom stereocenters. The Hall–Kier alpha value is -4.52. The van der Waals surface area contributed by atoms with Gasteiger partial charge in [0.25, 0.3) is 0 Å². The fraction of sp³-hybridized carbons (Fsp3) is 0.545. The van der Waals surface area contributed by atoms with Crippen LogP contribution in [0.25, 0.3) is 10.8 Å². The highest BCUT2D eigenvalue weighted by Crippen LogP contribution is 2.29. The molecule has 0 saturated carbocycles. The lowest BCUT2D eigenvalue weighted by molar-refractivity contribution is -0.165. The van der Waals surface area contributed by atoms with Crippen molar-refractivity contribution in [1.29, 1.82) is 0 Å². The summed E-state index contributed by atoms with van der Waals surface area (Å²) in [7, 11) is 1.56. The molecule has 1 aliphatic rings. The molecular formula is C44H62N4O8. The molecule has 2 unspecified atom stereocenters. The number of carbonyl (C=O) groups is 4. The minimum absolute atomic E-state index is 0.0130. The number of carbonyl (C=O) groups excluding carboxylic acids is 4. The number of aliphatic hydroxyl groups excluding tert-OH is 1. The Balaban J connectivity index is 1.51. The molecule has 12 nitrogen and oxygen atoms in total. The van der Waals surface area contributed by atoms with Gasteiger partial charge in [0.15, 0.2) is 6.29 Å². The number of fused-ring (bicyclic) bond motifs is 1. The molecule has 0 aliphatic carbocycles. The molecule has 3 aromatic carbocycles. The van der Waals surface area contributed by atoms with E-state index < -0.39 is 48.1 Å². The predicted octanol–water partition coefficient (Wildman–Crippen LogP) is 6.62. The van der Waals surface area contributed by atoms with Gasteiger partial charge in [-0.3, -0.25) is 19.3 Å². The van der Waals surface area contributed by atoms with Gasteiger partial charge < -0.3 is 35.3 Å². The molecular weight excluding hydrogens is 713 g/mol. The average molecular weight is 775 g/mol. The van der Waals surface area contributed by atoms with E-state index in [-0.39, 0.29) is 31.1 Å². The molecule has 12 heteroatoms. The molecule has 0 spiro atoms. The highest BCUT2D eigenvalue weighted by molar-refractivity contribution is 6.05. The number of rotatable bonds is 21. The van der Waals surface area contributed by atoms with Crippen molar-refractivity contribution >= 4 is 40.3 Å². The zero-order valence-corrected chi connectivity index (χ0v) is 33.7. The number of aliphatic hydroxyl groups is 1. The molecule has 4 amide bonds. The van der Waals surface area contributed by atoms with Crippen LogP contribution in [0.4, 0.5) is 10.5 Å². The molecule has 1 fully saturated rings. The van der Waals surface area contributed by atoms with Crippen LogP contribution in [0.15, 0.2) is 72.8 Å². The Kier molecular flexibility index (Phi) is 18.1. The van der Waals surface area contributed by atoms with Crippen LogP contribution in [0.5, 0.6) is 0 Å². The van der Waals surface area contributed by atoms with Crippen LogP contribution in [0, 0.1) is 11.8 Å². The normalized spacial score (nSPS) is 16.9. The highest BCUT2D eigenvalue weighted by atomic mass is 16.7. The minimum atomic E-state index is -1.06. The summed E-state index contributed by atoms with van der Waals surface area (Å²) < 4.78 is 17.3. The third-order valence-corrected chi connectivity index (χ3v) is 10.2. The van der Waals surface area contributed by atoms with E-state index in [4.69, 9.17) is 14.2 Å². The molecule has 1 aliphatic heterocycles. The molecule has 4 N–H and O–H groups in total. The molecule has 3 aromatic rings. The van der Waals surface area contributed by atoms with Gasteiger partial charge in [0.2, 0.25) is 17.7 Å². The van der Waals surface area contributed by atoms with E-state index in [0.717, 1.165) is 42.0 Å². The second-order valence-electron chi connectivity index (χ2n) is 15.1. The van der Waals surface area contributed by atoms with Crippen molar-refractivity contribution in [3.63, 3.8) is 0 Å². The lowest BCUT2D eigenvalue weighted by Crippen LogP contribution is -2.56. The molecule has 1 heterocycles. The highest BCUT2D eigenvalue weighted by Gasteiger charge is 2.34. The van der Waals surface area contributed by atoms with Crippen molar-refractivity contribution in [2.75, 3.05) is 25.2 Å². The lowest BCUT2D eigenvalue weighted by atomic mass is 9.90. The van der Waals surface area contributed by atoms with Crippen LogP contribution >= 0.6 is 0 Å².